The van der Waals surface area contributed by atoms with Gasteiger partial charge in [0.1, 0.15) is 17.5 Å². The first-order valence-corrected chi connectivity index (χ1v) is 11.1. The van der Waals surface area contributed by atoms with Crippen molar-refractivity contribution in [1.82, 2.24) is 14.8 Å². The van der Waals surface area contributed by atoms with E-state index < -0.39 is 0 Å². The first kappa shape index (κ1) is 22.8. The maximum Gasteiger partial charge on any atom is 0.252 e. The average Bonchev–Trinajstić information content (AvgIpc) is 3.46. The number of hydrogen-bond acceptors (Lipinski definition) is 7. The smallest absolute Gasteiger partial charge is 0.252 e. The molecular weight excluding hydrogens is 428 g/mol. The summed E-state index contributed by atoms with van der Waals surface area (Å²) in [6.45, 7) is 8.48. The zero-order valence-electron chi connectivity index (χ0n) is 19.6. The predicted octanol–water partition coefficient (Wildman–Crippen LogP) is 5.68. The van der Waals surface area contributed by atoms with Gasteiger partial charge < -0.3 is 9.15 Å². The number of aromatic nitrogens is 3. The van der Waals surface area contributed by atoms with Gasteiger partial charge in [0.2, 0.25) is 11.6 Å². The molecule has 0 unspecified atom stereocenters. The van der Waals surface area contributed by atoms with Crippen molar-refractivity contribution in [2.24, 2.45) is 5.10 Å². The van der Waals surface area contributed by atoms with Gasteiger partial charge in [-0.15, -0.1) is 0 Å². The third-order valence-corrected chi connectivity index (χ3v) is 5.12. The third kappa shape index (κ3) is 4.84. The first-order chi connectivity index (χ1) is 16.5. The highest BCUT2D eigenvalue weighted by Crippen LogP contribution is 2.28. The van der Waals surface area contributed by atoms with Crippen LogP contribution in [0, 0.1) is 18.3 Å². The van der Waals surface area contributed by atoms with Crippen molar-refractivity contribution in [3.05, 3.63) is 77.4 Å². The largest absolute Gasteiger partial charge is 0.494 e. The Hall–Kier alpha value is -4.38. The molecule has 2 heterocycles. The molecule has 0 aliphatic heterocycles. The van der Waals surface area contributed by atoms with E-state index in [0.717, 1.165) is 33.8 Å². The molecule has 2 aromatic carbocycles. The summed E-state index contributed by atoms with van der Waals surface area (Å²) in [5.41, 5.74) is 7.44. The van der Waals surface area contributed by atoms with Crippen LogP contribution in [0.5, 0.6) is 5.75 Å². The van der Waals surface area contributed by atoms with Gasteiger partial charge in [-0.05, 0) is 49.7 Å². The van der Waals surface area contributed by atoms with Gasteiger partial charge in [0, 0.05) is 23.2 Å². The van der Waals surface area contributed by atoms with Crippen LogP contribution >= 0.6 is 0 Å². The van der Waals surface area contributed by atoms with E-state index in [0.29, 0.717) is 12.5 Å². The van der Waals surface area contributed by atoms with E-state index >= 15 is 0 Å². The van der Waals surface area contributed by atoms with E-state index in [1.54, 1.807) is 6.21 Å². The Labute approximate surface area is 198 Å². The lowest BCUT2D eigenvalue weighted by Crippen LogP contribution is -1.96. The van der Waals surface area contributed by atoms with Crippen LogP contribution < -0.4 is 10.2 Å². The summed E-state index contributed by atoms with van der Waals surface area (Å²) in [5.74, 6) is 1.61. The van der Waals surface area contributed by atoms with Crippen LogP contribution in [-0.2, 0) is 0 Å². The molecule has 0 saturated heterocycles. The van der Waals surface area contributed by atoms with E-state index in [4.69, 9.17) is 14.3 Å². The normalized spacial score (nSPS) is 11.2. The molecule has 8 heteroatoms. The number of ether oxygens (including phenoxy) is 1. The maximum absolute atomic E-state index is 9.35. The summed E-state index contributed by atoms with van der Waals surface area (Å²) >= 11 is 0. The molecule has 0 amide bonds. The Bertz CT molecular complexity index is 1350. The van der Waals surface area contributed by atoms with Crippen LogP contribution in [-0.4, -0.2) is 27.6 Å². The van der Waals surface area contributed by atoms with Crippen molar-refractivity contribution in [2.45, 2.75) is 33.6 Å². The topological polar surface area (TPSA) is 101 Å². The lowest BCUT2D eigenvalue weighted by atomic mass is 10.1. The zero-order valence-corrected chi connectivity index (χ0v) is 19.6. The molecule has 0 fully saturated rings. The summed E-state index contributed by atoms with van der Waals surface area (Å²) in [7, 11) is 0. The molecule has 0 saturated carbocycles. The van der Waals surface area contributed by atoms with Gasteiger partial charge in [-0.2, -0.15) is 15.5 Å². The van der Waals surface area contributed by atoms with E-state index in [-0.39, 0.29) is 17.5 Å². The fourth-order valence-corrected chi connectivity index (χ4v) is 3.43. The number of nitrogens with zero attached hydrogens (tertiary/aromatic N) is 5. The van der Waals surface area contributed by atoms with Gasteiger partial charge in [-0.3, -0.25) is 0 Å². The molecule has 8 nitrogen and oxygen atoms in total. The number of aryl methyl sites for hydroxylation is 1. The molecule has 4 rings (SSSR count). The molecule has 2 aromatic heterocycles. The van der Waals surface area contributed by atoms with Gasteiger partial charge in [0.05, 0.1) is 18.5 Å². The fraction of sp³-hybridized carbons (Fsp3) is 0.231. The Kier molecular flexibility index (Phi) is 6.74. The van der Waals surface area contributed by atoms with E-state index in [1.807, 2.05) is 93.2 Å². The standard InChI is InChI=1S/C26H26N6O2/c1-5-33-23-12-11-19(13-18(23)4)24-20(16-32(31-24)21-9-7-6-8-10-21)15-28-30-26-22(14-27)29-25(34-26)17(2)3/h6-13,15-17,30H,5H2,1-4H3. The highest BCUT2D eigenvalue weighted by molar-refractivity contribution is 5.89. The predicted molar refractivity (Wildman–Crippen MR) is 131 cm³/mol. The van der Waals surface area contributed by atoms with Crippen LogP contribution in [0.15, 0.2) is 64.2 Å². The number of rotatable bonds is 8. The summed E-state index contributed by atoms with van der Waals surface area (Å²) in [6, 6.07) is 17.9. The molecule has 0 aliphatic carbocycles. The van der Waals surface area contributed by atoms with Crippen LogP contribution in [0.3, 0.4) is 0 Å². The molecule has 172 valence electrons. The van der Waals surface area contributed by atoms with Crippen molar-refractivity contribution >= 4 is 12.1 Å². The van der Waals surface area contributed by atoms with Crippen molar-refractivity contribution in [3.63, 3.8) is 0 Å². The molecule has 0 spiro atoms. The van der Waals surface area contributed by atoms with Crippen LogP contribution in [0.1, 0.15) is 49.4 Å². The Morgan fingerprint density at radius 3 is 2.71 bits per heavy atom. The molecule has 0 aliphatic rings. The van der Waals surface area contributed by atoms with Gasteiger partial charge in [-0.25, -0.2) is 15.1 Å². The number of nitriles is 1. The second-order valence-electron chi connectivity index (χ2n) is 7.99. The maximum atomic E-state index is 9.35. The SMILES string of the molecule is CCOc1ccc(-c2nn(-c3ccccc3)cc2C=NNc2oc(C(C)C)nc2C#N)cc1C. The summed E-state index contributed by atoms with van der Waals surface area (Å²) in [6.07, 6.45) is 3.57. The second kappa shape index (κ2) is 10.0. The number of anilines is 1. The number of hydrogen-bond donors (Lipinski definition) is 1. The fourth-order valence-electron chi connectivity index (χ4n) is 3.43. The lowest BCUT2D eigenvalue weighted by molar-refractivity contribution is 0.338. The Morgan fingerprint density at radius 2 is 2.03 bits per heavy atom. The van der Waals surface area contributed by atoms with Gasteiger partial charge in [0.25, 0.3) is 5.88 Å². The van der Waals surface area contributed by atoms with E-state index in [9.17, 15) is 5.26 Å². The van der Waals surface area contributed by atoms with Crippen molar-refractivity contribution in [3.8, 4) is 28.8 Å². The first-order valence-electron chi connectivity index (χ1n) is 11.1. The molecule has 0 atom stereocenters. The molecule has 34 heavy (non-hydrogen) atoms. The highest BCUT2D eigenvalue weighted by Gasteiger charge is 2.16. The quantitative estimate of drug-likeness (QED) is 0.272. The summed E-state index contributed by atoms with van der Waals surface area (Å²) < 4.78 is 13.1. The number of nitrogens with one attached hydrogen (secondary N) is 1. The van der Waals surface area contributed by atoms with Crippen LogP contribution in [0.4, 0.5) is 5.88 Å². The van der Waals surface area contributed by atoms with E-state index in [1.165, 1.54) is 0 Å². The highest BCUT2D eigenvalue weighted by atomic mass is 16.5. The minimum Gasteiger partial charge on any atom is -0.494 e. The summed E-state index contributed by atoms with van der Waals surface area (Å²) in [5, 5.41) is 18.5. The number of oxazole rings is 1. The van der Waals surface area contributed by atoms with Gasteiger partial charge in [-0.1, -0.05) is 32.0 Å². The number of benzene rings is 2. The monoisotopic (exact) mass is 454 g/mol. The van der Waals surface area contributed by atoms with Gasteiger partial charge >= 0.3 is 0 Å². The van der Waals surface area contributed by atoms with Crippen LogP contribution in [0.25, 0.3) is 16.9 Å². The number of para-hydroxylation sites is 1. The third-order valence-electron chi connectivity index (χ3n) is 5.12. The zero-order chi connectivity index (χ0) is 24.1. The summed E-state index contributed by atoms with van der Waals surface area (Å²) in [4.78, 5) is 4.20. The average molecular weight is 455 g/mol. The molecule has 4 aromatic rings. The molecule has 0 radical (unpaired) electrons. The molecular formula is C26H26N6O2. The Balaban J connectivity index is 1.69. The number of hydrazone groups is 1. The minimum atomic E-state index is 0.0604. The van der Waals surface area contributed by atoms with E-state index in [2.05, 4.69) is 15.5 Å². The van der Waals surface area contributed by atoms with Crippen LogP contribution in [0.2, 0.25) is 0 Å². The molecule has 0 bridgehead atoms. The second-order valence-corrected chi connectivity index (χ2v) is 7.99. The molecule has 1 N–H and O–H groups in total. The lowest BCUT2D eigenvalue weighted by Gasteiger charge is -2.08. The van der Waals surface area contributed by atoms with Crippen molar-refractivity contribution in [1.29, 1.82) is 5.26 Å². The van der Waals surface area contributed by atoms with Crippen molar-refractivity contribution in [2.75, 3.05) is 12.0 Å². The minimum absolute atomic E-state index is 0.0604. The Morgan fingerprint density at radius 1 is 1.24 bits per heavy atom. The van der Waals surface area contributed by atoms with Gasteiger partial charge in [0.15, 0.2) is 0 Å². The van der Waals surface area contributed by atoms with Crippen molar-refractivity contribution < 1.29 is 9.15 Å².